The lowest BCUT2D eigenvalue weighted by atomic mass is 10.0. The fraction of sp³-hybridized carbons (Fsp3) is 0.650. The van der Waals surface area contributed by atoms with Gasteiger partial charge in [-0.05, 0) is 61.8 Å². The van der Waals surface area contributed by atoms with E-state index in [0.717, 1.165) is 70.8 Å². The maximum Gasteiger partial charge on any atom is 0.446 e. The summed E-state index contributed by atoms with van der Waals surface area (Å²) in [5.74, 6) is 0.229. The highest BCUT2D eigenvalue weighted by molar-refractivity contribution is 8.00. The van der Waals surface area contributed by atoms with Crippen LogP contribution in [0.25, 0.3) is 0 Å². The van der Waals surface area contributed by atoms with Gasteiger partial charge >= 0.3 is 5.51 Å². The fourth-order valence-corrected chi connectivity index (χ4v) is 4.35. The Labute approximate surface area is 174 Å². The number of rotatable bonds is 7. The first-order valence-electron chi connectivity index (χ1n) is 10.2. The molecular formula is C20H29F3N4OS. The van der Waals surface area contributed by atoms with Gasteiger partial charge in [0.1, 0.15) is 0 Å². The van der Waals surface area contributed by atoms with Gasteiger partial charge in [-0.2, -0.15) is 13.2 Å². The van der Waals surface area contributed by atoms with E-state index in [1.165, 1.54) is 12.1 Å². The summed E-state index contributed by atoms with van der Waals surface area (Å²) in [7, 11) is 0. The molecule has 5 nitrogen and oxygen atoms in total. The van der Waals surface area contributed by atoms with Crippen molar-refractivity contribution in [2.45, 2.75) is 42.1 Å². The number of hydrogen-bond acceptors (Lipinski definition) is 5. The number of benzene rings is 1. The molecule has 2 heterocycles. The second kappa shape index (κ2) is 10.5. The SMILES string of the molecule is O=C(CCCN1CCNCC1)N1CCC(Nc2ccc(SC(F)(F)F)cc2)CC1. The Kier molecular flexibility index (Phi) is 8.08. The van der Waals surface area contributed by atoms with Crippen LogP contribution in [0.5, 0.6) is 0 Å². The van der Waals surface area contributed by atoms with Crippen LogP contribution < -0.4 is 10.6 Å². The average Bonchev–Trinajstić information content (AvgIpc) is 2.70. The molecule has 3 rings (SSSR count). The second-order valence-electron chi connectivity index (χ2n) is 7.57. The summed E-state index contributed by atoms with van der Waals surface area (Å²) in [5.41, 5.74) is -3.45. The topological polar surface area (TPSA) is 47.6 Å². The highest BCUT2D eigenvalue weighted by Crippen LogP contribution is 2.37. The third kappa shape index (κ3) is 7.71. The third-order valence-electron chi connectivity index (χ3n) is 5.38. The normalized spacial score (nSPS) is 19.3. The molecule has 0 aromatic heterocycles. The number of nitrogens with one attached hydrogen (secondary N) is 2. The van der Waals surface area contributed by atoms with E-state index in [2.05, 4.69) is 15.5 Å². The van der Waals surface area contributed by atoms with Crippen molar-refractivity contribution in [2.75, 3.05) is 51.1 Å². The molecule has 29 heavy (non-hydrogen) atoms. The molecule has 9 heteroatoms. The van der Waals surface area contributed by atoms with E-state index in [4.69, 9.17) is 0 Å². The van der Waals surface area contributed by atoms with Crippen molar-refractivity contribution >= 4 is 23.4 Å². The van der Waals surface area contributed by atoms with Crippen LogP contribution in [0, 0.1) is 0 Å². The van der Waals surface area contributed by atoms with E-state index in [-0.39, 0.29) is 28.6 Å². The average molecular weight is 431 g/mol. The molecule has 2 aliphatic rings. The minimum atomic E-state index is -4.26. The van der Waals surface area contributed by atoms with E-state index >= 15 is 0 Å². The van der Waals surface area contributed by atoms with Crippen LogP contribution in [0.1, 0.15) is 25.7 Å². The van der Waals surface area contributed by atoms with Gasteiger partial charge in [0, 0.05) is 62.3 Å². The molecule has 0 radical (unpaired) electrons. The molecule has 0 atom stereocenters. The van der Waals surface area contributed by atoms with Crippen LogP contribution in [0.2, 0.25) is 0 Å². The number of anilines is 1. The van der Waals surface area contributed by atoms with Crippen molar-refractivity contribution in [1.82, 2.24) is 15.1 Å². The van der Waals surface area contributed by atoms with E-state index in [1.807, 2.05) is 4.90 Å². The number of hydrogen-bond donors (Lipinski definition) is 2. The van der Waals surface area contributed by atoms with Crippen molar-refractivity contribution in [3.8, 4) is 0 Å². The smallest absolute Gasteiger partial charge is 0.382 e. The Morgan fingerprint density at radius 1 is 1.10 bits per heavy atom. The molecule has 0 bridgehead atoms. The number of amides is 1. The van der Waals surface area contributed by atoms with Gasteiger partial charge in [-0.1, -0.05) is 0 Å². The molecule has 0 spiro atoms. The number of alkyl halides is 3. The van der Waals surface area contributed by atoms with Crippen molar-refractivity contribution in [1.29, 1.82) is 0 Å². The maximum atomic E-state index is 12.4. The summed E-state index contributed by atoms with van der Waals surface area (Å²) < 4.78 is 37.2. The van der Waals surface area contributed by atoms with Crippen LogP contribution in [-0.4, -0.2) is 73.1 Å². The van der Waals surface area contributed by atoms with Crippen molar-refractivity contribution in [3.63, 3.8) is 0 Å². The molecule has 2 saturated heterocycles. The monoisotopic (exact) mass is 430 g/mol. The first-order chi connectivity index (χ1) is 13.9. The van der Waals surface area contributed by atoms with Gasteiger partial charge in [0.2, 0.25) is 5.91 Å². The molecule has 0 unspecified atom stereocenters. The minimum absolute atomic E-state index is 0.104. The number of piperidine rings is 1. The van der Waals surface area contributed by atoms with Crippen LogP contribution in [0.4, 0.5) is 18.9 Å². The lowest BCUT2D eigenvalue weighted by molar-refractivity contribution is -0.132. The number of halogens is 3. The molecule has 1 amide bonds. The molecule has 1 aromatic rings. The van der Waals surface area contributed by atoms with E-state index in [1.54, 1.807) is 12.1 Å². The van der Waals surface area contributed by atoms with E-state index in [0.29, 0.717) is 6.42 Å². The first kappa shape index (κ1) is 22.2. The summed E-state index contributed by atoms with van der Waals surface area (Å²) in [6.45, 7) is 6.60. The predicted octanol–water partition coefficient (Wildman–Crippen LogP) is 3.39. The van der Waals surface area contributed by atoms with Crippen LogP contribution >= 0.6 is 11.8 Å². The van der Waals surface area contributed by atoms with Crippen LogP contribution in [-0.2, 0) is 4.79 Å². The van der Waals surface area contributed by atoms with Crippen molar-refractivity contribution in [3.05, 3.63) is 24.3 Å². The Balaban J connectivity index is 1.34. The molecule has 162 valence electrons. The Morgan fingerprint density at radius 3 is 2.38 bits per heavy atom. The molecule has 0 saturated carbocycles. The molecule has 1 aromatic carbocycles. The number of likely N-dealkylation sites (tertiary alicyclic amines) is 1. The summed E-state index contributed by atoms with van der Waals surface area (Å²) in [5, 5.41) is 6.71. The van der Waals surface area contributed by atoms with Gasteiger partial charge in [0.25, 0.3) is 0 Å². The lowest BCUT2D eigenvalue weighted by Gasteiger charge is -2.33. The third-order valence-corrected chi connectivity index (χ3v) is 6.12. The maximum absolute atomic E-state index is 12.4. The van der Waals surface area contributed by atoms with Crippen LogP contribution in [0.3, 0.4) is 0 Å². The number of thioether (sulfide) groups is 1. The highest BCUT2D eigenvalue weighted by atomic mass is 32.2. The quantitative estimate of drug-likeness (QED) is 0.650. The van der Waals surface area contributed by atoms with Gasteiger partial charge < -0.3 is 20.4 Å². The molecule has 0 aliphatic carbocycles. The minimum Gasteiger partial charge on any atom is -0.382 e. The first-order valence-corrected chi connectivity index (χ1v) is 11.0. The van der Waals surface area contributed by atoms with E-state index < -0.39 is 5.51 Å². The zero-order valence-electron chi connectivity index (χ0n) is 16.5. The van der Waals surface area contributed by atoms with Gasteiger partial charge in [0.05, 0.1) is 0 Å². The lowest BCUT2D eigenvalue weighted by Crippen LogP contribution is -2.44. The summed E-state index contributed by atoms with van der Waals surface area (Å²) >= 11 is -0.104. The number of piperazine rings is 1. The molecular weight excluding hydrogens is 401 g/mol. The van der Waals surface area contributed by atoms with Crippen LogP contribution in [0.15, 0.2) is 29.2 Å². The zero-order valence-corrected chi connectivity index (χ0v) is 17.3. The number of nitrogens with zero attached hydrogens (tertiary/aromatic N) is 2. The highest BCUT2D eigenvalue weighted by Gasteiger charge is 2.29. The molecule has 2 aliphatic heterocycles. The summed E-state index contributed by atoms with van der Waals surface area (Å²) in [6, 6.07) is 6.57. The second-order valence-corrected chi connectivity index (χ2v) is 8.71. The number of carbonyl (C=O) groups is 1. The Morgan fingerprint density at radius 2 is 1.76 bits per heavy atom. The Hall–Kier alpha value is -1.45. The Bertz CT molecular complexity index is 642. The standard InChI is InChI=1S/C20H29F3N4OS/c21-20(22,23)29-18-5-3-16(4-6-18)25-17-7-12-27(13-8-17)19(28)2-1-11-26-14-9-24-10-15-26/h3-6,17,24-25H,1-2,7-15H2. The predicted molar refractivity (Wildman–Crippen MR) is 110 cm³/mol. The van der Waals surface area contributed by atoms with E-state index in [9.17, 15) is 18.0 Å². The summed E-state index contributed by atoms with van der Waals surface area (Å²) in [6.07, 6.45) is 3.20. The largest absolute Gasteiger partial charge is 0.446 e. The fourth-order valence-electron chi connectivity index (χ4n) is 3.81. The van der Waals surface area contributed by atoms with Gasteiger partial charge in [-0.15, -0.1) is 0 Å². The van der Waals surface area contributed by atoms with Gasteiger partial charge in [0.15, 0.2) is 0 Å². The van der Waals surface area contributed by atoms with Crippen molar-refractivity contribution < 1.29 is 18.0 Å². The zero-order chi connectivity index (χ0) is 20.7. The molecule has 2 fully saturated rings. The summed E-state index contributed by atoms with van der Waals surface area (Å²) in [4.78, 5) is 17.0. The van der Waals surface area contributed by atoms with Crippen molar-refractivity contribution in [2.24, 2.45) is 0 Å². The molecule has 2 N–H and O–H groups in total. The number of carbonyl (C=O) groups excluding carboxylic acids is 1. The van der Waals surface area contributed by atoms with Gasteiger partial charge in [-0.3, -0.25) is 4.79 Å². The van der Waals surface area contributed by atoms with Gasteiger partial charge in [-0.25, -0.2) is 0 Å².